The van der Waals surface area contributed by atoms with Crippen LogP contribution in [0.4, 0.5) is 5.69 Å². The second-order valence-electron chi connectivity index (χ2n) is 3.01. The van der Waals surface area contributed by atoms with Gasteiger partial charge in [-0.3, -0.25) is 10.5 Å². The molecule has 0 radical (unpaired) electrons. The van der Waals surface area contributed by atoms with Gasteiger partial charge in [-0.05, 0) is 6.42 Å². The minimum Gasteiger partial charge on any atom is -0.286 e. The molecular formula is C5H12N6O4S2. The fourth-order valence-electron chi connectivity index (χ4n) is 1.05. The Labute approximate surface area is 98.3 Å². The molecule has 0 spiro atoms. The normalized spacial score (nSPS) is 12.9. The van der Waals surface area contributed by atoms with Crippen LogP contribution in [0.15, 0.2) is 6.20 Å². The van der Waals surface area contributed by atoms with E-state index in [0.29, 0.717) is 12.1 Å². The van der Waals surface area contributed by atoms with Crippen molar-refractivity contribution < 1.29 is 16.8 Å². The Morgan fingerprint density at radius 3 is 2.29 bits per heavy atom. The van der Waals surface area contributed by atoms with Gasteiger partial charge >= 0.3 is 20.4 Å². The number of hydrazine groups is 1. The molecule has 1 aromatic rings. The summed E-state index contributed by atoms with van der Waals surface area (Å²) in [6, 6.07) is 0. The first-order chi connectivity index (χ1) is 7.66. The van der Waals surface area contributed by atoms with Crippen LogP contribution in [0.25, 0.3) is 0 Å². The molecule has 0 bridgehead atoms. The van der Waals surface area contributed by atoms with E-state index in [-0.39, 0.29) is 9.51 Å². The van der Waals surface area contributed by atoms with Crippen LogP contribution in [0.3, 0.4) is 0 Å². The lowest BCUT2D eigenvalue weighted by Gasteiger charge is -2.17. The zero-order valence-electron chi connectivity index (χ0n) is 8.78. The van der Waals surface area contributed by atoms with Crippen LogP contribution in [-0.2, 0) is 26.8 Å². The number of hydrogen-bond donors (Lipinski definition) is 4. The molecule has 0 amide bonds. The Morgan fingerprint density at radius 2 is 1.88 bits per heavy atom. The molecule has 1 rings (SSSR count). The zero-order valence-corrected chi connectivity index (χ0v) is 10.4. The highest BCUT2D eigenvalue weighted by Gasteiger charge is 2.29. The number of nitrogens with zero attached hydrogens (tertiary/aromatic N) is 2. The predicted molar refractivity (Wildman–Crippen MR) is 59.6 cm³/mol. The Morgan fingerprint density at radius 1 is 1.35 bits per heavy atom. The maximum Gasteiger partial charge on any atom is 0.309 e. The van der Waals surface area contributed by atoms with Crippen LogP contribution in [0, 0.1) is 0 Å². The summed E-state index contributed by atoms with van der Waals surface area (Å²) in [7, 11) is -9.11. The summed E-state index contributed by atoms with van der Waals surface area (Å²) in [4.78, 5) is 0. The maximum absolute atomic E-state index is 11.1. The summed E-state index contributed by atoms with van der Waals surface area (Å²) >= 11 is 0. The lowest BCUT2D eigenvalue weighted by atomic mass is 10.3. The Bertz CT molecular complexity index is 558. The van der Waals surface area contributed by atoms with Gasteiger partial charge in [-0.15, -0.1) is 0 Å². The molecule has 0 unspecified atom stereocenters. The molecule has 12 heteroatoms. The van der Waals surface area contributed by atoms with Crippen molar-refractivity contribution in [2.24, 2.45) is 10.3 Å². The third-order valence-corrected chi connectivity index (χ3v) is 4.10. The van der Waals surface area contributed by atoms with Crippen molar-refractivity contribution in [1.29, 1.82) is 0 Å². The average molecular weight is 284 g/mol. The summed E-state index contributed by atoms with van der Waals surface area (Å²) in [6.45, 7) is 1.76. The second-order valence-corrected chi connectivity index (χ2v) is 6.04. The molecule has 1 aromatic heterocycles. The van der Waals surface area contributed by atoms with Crippen LogP contribution in [0.5, 0.6) is 0 Å². The predicted octanol–water partition coefficient (Wildman–Crippen LogP) is -1.99. The van der Waals surface area contributed by atoms with Crippen LogP contribution < -0.4 is 15.7 Å². The third-order valence-electron chi connectivity index (χ3n) is 1.75. The number of aryl methyl sites for hydroxylation is 1. The van der Waals surface area contributed by atoms with Gasteiger partial charge in [-0.1, -0.05) is 6.92 Å². The fraction of sp³-hybridized carbons (Fsp3) is 0.400. The standard InChI is InChI=1S/C5H12N6O4S2/c1-2-4-5(3-8-9-4)10-11(16(6,12)13)17(7,14)15/h3,10H,2H2,1H3,(H,8,9)(H2,6,12,13)(H2,7,14,15). The first kappa shape index (κ1) is 13.9. The molecule has 0 aromatic carbocycles. The van der Waals surface area contributed by atoms with E-state index in [1.54, 1.807) is 6.92 Å². The highest BCUT2D eigenvalue weighted by Crippen LogP contribution is 2.14. The number of nitrogens with two attached hydrogens (primary N) is 2. The summed E-state index contributed by atoms with van der Waals surface area (Å²) < 4.78 is 44.0. The van der Waals surface area contributed by atoms with Gasteiger partial charge in [-0.2, -0.15) is 21.9 Å². The minimum absolute atomic E-state index is 0.149. The van der Waals surface area contributed by atoms with Crippen molar-refractivity contribution in [2.45, 2.75) is 13.3 Å². The van der Waals surface area contributed by atoms with Gasteiger partial charge in [0.05, 0.1) is 17.6 Å². The van der Waals surface area contributed by atoms with Crippen molar-refractivity contribution in [3.05, 3.63) is 11.9 Å². The molecule has 10 nitrogen and oxygen atoms in total. The molecule has 0 fully saturated rings. The van der Waals surface area contributed by atoms with E-state index >= 15 is 0 Å². The summed E-state index contributed by atoms with van der Waals surface area (Å²) in [5.74, 6) is 0. The molecular weight excluding hydrogens is 272 g/mol. The smallest absolute Gasteiger partial charge is 0.286 e. The van der Waals surface area contributed by atoms with Crippen LogP contribution >= 0.6 is 0 Å². The molecule has 0 aliphatic carbocycles. The van der Waals surface area contributed by atoms with Gasteiger partial charge in [0, 0.05) is 3.82 Å². The van der Waals surface area contributed by atoms with Crippen LogP contribution in [0.1, 0.15) is 12.6 Å². The topological polar surface area (TPSA) is 164 Å². The van der Waals surface area contributed by atoms with Crippen LogP contribution in [0.2, 0.25) is 0 Å². The number of hydrogen-bond acceptors (Lipinski definition) is 6. The zero-order chi connectivity index (χ0) is 13.3. The van der Waals surface area contributed by atoms with Gasteiger partial charge in [0.1, 0.15) is 0 Å². The number of H-pyrrole nitrogens is 1. The van der Waals surface area contributed by atoms with Crippen molar-refractivity contribution in [1.82, 2.24) is 14.0 Å². The van der Waals surface area contributed by atoms with Gasteiger partial charge in [0.2, 0.25) is 0 Å². The molecule has 1 heterocycles. The van der Waals surface area contributed by atoms with Crippen molar-refractivity contribution in [2.75, 3.05) is 5.43 Å². The molecule has 0 aliphatic rings. The quantitative estimate of drug-likeness (QED) is 0.457. The van der Waals surface area contributed by atoms with E-state index in [1.807, 2.05) is 0 Å². The van der Waals surface area contributed by atoms with E-state index in [1.165, 1.54) is 6.20 Å². The largest absolute Gasteiger partial charge is 0.309 e. The Kier molecular flexibility index (Phi) is 3.73. The first-order valence-corrected chi connectivity index (χ1v) is 7.31. The third kappa shape index (κ3) is 3.37. The first-order valence-electron chi connectivity index (χ1n) is 4.31. The number of anilines is 1. The lowest BCUT2D eigenvalue weighted by molar-refractivity contribution is 0.525. The molecule has 0 aliphatic heterocycles. The number of aromatic amines is 1. The van der Waals surface area contributed by atoms with E-state index < -0.39 is 20.4 Å². The van der Waals surface area contributed by atoms with Crippen molar-refractivity contribution >= 4 is 26.1 Å². The fourth-order valence-corrected chi connectivity index (χ4v) is 2.66. The molecule has 6 N–H and O–H groups in total. The van der Waals surface area contributed by atoms with Gasteiger partial charge in [0.25, 0.3) is 0 Å². The molecule has 0 saturated heterocycles. The molecule has 0 atom stereocenters. The minimum atomic E-state index is -4.56. The molecule has 0 saturated carbocycles. The maximum atomic E-state index is 11.1. The highest BCUT2D eigenvalue weighted by atomic mass is 32.3. The average Bonchev–Trinajstić information content (AvgIpc) is 2.57. The van der Waals surface area contributed by atoms with E-state index in [0.717, 1.165) is 0 Å². The highest BCUT2D eigenvalue weighted by molar-refractivity contribution is 8.01. The van der Waals surface area contributed by atoms with Crippen molar-refractivity contribution in [3.8, 4) is 0 Å². The monoisotopic (exact) mass is 284 g/mol. The summed E-state index contributed by atoms with van der Waals surface area (Å²) in [6.07, 6.45) is 1.69. The van der Waals surface area contributed by atoms with E-state index in [4.69, 9.17) is 10.3 Å². The Balaban J connectivity index is 3.13. The number of rotatable bonds is 5. The van der Waals surface area contributed by atoms with Gasteiger partial charge in [0.15, 0.2) is 0 Å². The summed E-state index contributed by atoms with van der Waals surface area (Å²) in [5, 5.41) is 15.6. The Hall–Kier alpha value is -1.21. The van der Waals surface area contributed by atoms with Gasteiger partial charge < -0.3 is 0 Å². The number of aromatic nitrogens is 2. The van der Waals surface area contributed by atoms with Crippen molar-refractivity contribution in [3.63, 3.8) is 0 Å². The van der Waals surface area contributed by atoms with Gasteiger partial charge in [-0.25, -0.2) is 10.3 Å². The van der Waals surface area contributed by atoms with Crippen LogP contribution in [-0.4, -0.2) is 30.9 Å². The molecule has 17 heavy (non-hydrogen) atoms. The van der Waals surface area contributed by atoms with E-state index in [2.05, 4.69) is 15.6 Å². The second kappa shape index (κ2) is 4.58. The van der Waals surface area contributed by atoms with E-state index in [9.17, 15) is 16.8 Å². The summed E-state index contributed by atoms with van der Waals surface area (Å²) in [5.41, 5.74) is 2.72. The lowest BCUT2D eigenvalue weighted by Crippen LogP contribution is -2.48. The number of nitrogens with one attached hydrogen (secondary N) is 2. The molecule has 98 valence electrons. The SMILES string of the molecule is CCc1[nH]ncc1NN(S(N)(=O)=O)S(N)(=O)=O.